The molecule has 0 spiro atoms. The van der Waals surface area contributed by atoms with Crippen molar-refractivity contribution in [2.24, 2.45) is 0 Å². The van der Waals surface area contributed by atoms with Crippen LogP contribution in [0.2, 0.25) is 0 Å². The molecule has 0 atom stereocenters. The summed E-state index contributed by atoms with van der Waals surface area (Å²) in [5.41, 5.74) is 5.12. The lowest BCUT2D eigenvalue weighted by molar-refractivity contribution is -0.117. The second-order valence-electron chi connectivity index (χ2n) is 8.30. The minimum Gasteiger partial charge on any atom is -0.416 e. The van der Waals surface area contributed by atoms with Gasteiger partial charge in [-0.3, -0.25) is 9.59 Å². The molecule has 0 bridgehead atoms. The van der Waals surface area contributed by atoms with E-state index >= 15 is 0 Å². The zero-order chi connectivity index (χ0) is 23.5. The molecule has 3 aromatic carbocycles. The quantitative estimate of drug-likeness (QED) is 0.455. The molecule has 1 saturated heterocycles. The van der Waals surface area contributed by atoms with E-state index in [-0.39, 0.29) is 11.8 Å². The lowest BCUT2D eigenvalue weighted by Gasteiger charge is -2.16. The highest BCUT2D eigenvalue weighted by atomic mass is 16.4. The van der Waals surface area contributed by atoms with Crippen molar-refractivity contribution in [3.05, 3.63) is 89.5 Å². The molecule has 0 saturated carbocycles. The fourth-order valence-corrected chi connectivity index (χ4v) is 4.03. The topological polar surface area (TPSA) is 88.3 Å². The number of aryl methyl sites for hydroxylation is 1. The van der Waals surface area contributed by atoms with Gasteiger partial charge >= 0.3 is 0 Å². The number of amides is 2. The third kappa shape index (κ3) is 4.45. The number of rotatable bonds is 6. The highest BCUT2D eigenvalue weighted by Gasteiger charge is 2.21. The second kappa shape index (κ2) is 9.31. The lowest BCUT2D eigenvalue weighted by Crippen LogP contribution is -2.24. The highest BCUT2D eigenvalue weighted by Crippen LogP contribution is 2.26. The first-order chi connectivity index (χ1) is 16.6. The molecule has 1 aromatic heterocycles. The fourth-order valence-electron chi connectivity index (χ4n) is 4.03. The molecule has 0 aliphatic carbocycles. The predicted octanol–water partition coefficient (Wildman–Crippen LogP) is 4.77. The molecule has 1 aliphatic heterocycles. The van der Waals surface area contributed by atoms with Crippen LogP contribution in [0.1, 0.15) is 34.3 Å². The van der Waals surface area contributed by atoms with E-state index in [1.165, 1.54) is 0 Å². The van der Waals surface area contributed by atoms with Gasteiger partial charge < -0.3 is 14.6 Å². The van der Waals surface area contributed by atoms with Gasteiger partial charge in [0.1, 0.15) is 0 Å². The minimum absolute atomic E-state index is 0.163. The fraction of sp³-hybridized carbons (Fsp3) is 0.185. The standard InChI is InChI=1S/C27H24N4O3/c1-18-5-2-3-6-23(18)27-30-29-26(34-27)21-12-10-20(11-13-21)25(33)28-17-19-8-14-22(15-9-19)31-16-4-7-24(31)32/h2-3,5-6,8-15H,4,7,16-17H2,1H3,(H,28,33). The van der Waals surface area contributed by atoms with Crippen LogP contribution in [-0.2, 0) is 11.3 Å². The monoisotopic (exact) mass is 452 g/mol. The molecule has 7 nitrogen and oxygen atoms in total. The average molecular weight is 453 g/mol. The van der Waals surface area contributed by atoms with Gasteiger partial charge in [-0.05, 0) is 66.9 Å². The first-order valence-electron chi connectivity index (χ1n) is 11.3. The summed E-state index contributed by atoms with van der Waals surface area (Å²) in [5, 5.41) is 11.2. The number of anilines is 1. The maximum Gasteiger partial charge on any atom is 0.251 e. The zero-order valence-electron chi connectivity index (χ0n) is 18.8. The molecule has 34 heavy (non-hydrogen) atoms. The normalized spacial score (nSPS) is 13.3. The van der Waals surface area contributed by atoms with Gasteiger partial charge in [-0.15, -0.1) is 10.2 Å². The van der Waals surface area contributed by atoms with Crippen molar-refractivity contribution >= 4 is 17.5 Å². The molecule has 1 aliphatic rings. The lowest BCUT2D eigenvalue weighted by atomic mass is 10.1. The SMILES string of the molecule is Cc1ccccc1-c1nnc(-c2ccc(C(=O)NCc3ccc(N4CCCC4=O)cc3)cc2)o1. The van der Waals surface area contributed by atoms with Crippen molar-refractivity contribution in [3.8, 4) is 22.9 Å². The summed E-state index contributed by atoms with van der Waals surface area (Å²) in [6.45, 7) is 3.16. The van der Waals surface area contributed by atoms with Crippen LogP contribution in [-0.4, -0.2) is 28.6 Å². The van der Waals surface area contributed by atoms with Crippen LogP contribution >= 0.6 is 0 Å². The molecule has 2 amide bonds. The number of nitrogens with zero attached hydrogens (tertiary/aromatic N) is 3. The summed E-state index contributed by atoms with van der Waals surface area (Å²) >= 11 is 0. The zero-order valence-corrected chi connectivity index (χ0v) is 18.8. The third-order valence-corrected chi connectivity index (χ3v) is 5.97. The number of benzene rings is 3. The molecule has 4 aromatic rings. The first-order valence-corrected chi connectivity index (χ1v) is 11.3. The summed E-state index contributed by atoms with van der Waals surface area (Å²) in [5.74, 6) is 0.865. The number of hydrogen-bond acceptors (Lipinski definition) is 5. The van der Waals surface area contributed by atoms with Crippen LogP contribution in [0, 0.1) is 6.92 Å². The smallest absolute Gasteiger partial charge is 0.251 e. The van der Waals surface area contributed by atoms with Crippen LogP contribution < -0.4 is 10.2 Å². The summed E-state index contributed by atoms with van der Waals surface area (Å²) in [4.78, 5) is 26.3. The number of aromatic nitrogens is 2. The Balaban J connectivity index is 1.21. The van der Waals surface area contributed by atoms with E-state index in [4.69, 9.17) is 4.42 Å². The van der Waals surface area contributed by atoms with Crippen LogP contribution in [0.5, 0.6) is 0 Å². The maximum absolute atomic E-state index is 12.6. The predicted molar refractivity (Wildman–Crippen MR) is 129 cm³/mol. The number of carbonyl (C=O) groups excluding carboxylic acids is 2. The van der Waals surface area contributed by atoms with Crippen molar-refractivity contribution in [2.45, 2.75) is 26.3 Å². The summed E-state index contributed by atoms with van der Waals surface area (Å²) < 4.78 is 5.85. The number of carbonyl (C=O) groups is 2. The number of nitrogens with one attached hydrogen (secondary N) is 1. The van der Waals surface area contributed by atoms with Gasteiger partial charge in [-0.1, -0.05) is 30.3 Å². The second-order valence-corrected chi connectivity index (χ2v) is 8.30. The van der Waals surface area contributed by atoms with Crippen LogP contribution in [0.4, 0.5) is 5.69 Å². The van der Waals surface area contributed by atoms with E-state index in [1.54, 1.807) is 29.2 Å². The van der Waals surface area contributed by atoms with E-state index in [0.29, 0.717) is 30.3 Å². The van der Waals surface area contributed by atoms with Crippen molar-refractivity contribution in [1.29, 1.82) is 0 Å². The molecule has 1 N–H and O–H groups in total. The van der Waals surface area contributed by atoms with Crippen LogP contribution in [0.3, 0.4) is 0 Å². The Hall–Kier alpha value is -4.26. The molecule has 0 radical (unpaired) electrons. The largest absolute Gasteiger partial charge is 0.416 e. The van der Waals surface area contributed by atoms with Gasteiger partial charge in [0.15, 0.2) is 0 Å². The minimum atomic E-state index is -0.170. The molecule has 7 heteroatoms. The summed E-state index contributed by atoms with van der Waals surface area (Å²) in [7, 11) is 0. The number of hydrogen-bond donors (Lipinski definition) is 1. The van der Waals surface area contributed by atoms with E-state index in [2.05, 4.69) is 15.5 Å². The molecular weight excluding hydrogens is 428 g/mol. The highest BCUT2D eigenvalue weighted by molar-refractivity contribution is 5.95. The van der Waals surface area contributed by atoms with Crippen LogP contribution in [0.25, 0.3) is 22.9 Å². The van der Waals surface area contributed by atoms with Gasteiger partial charge in [0.25, 0.3) is 5.91 Å². The van der Waals surface area contributed by atoms with Crippen molar-refractivity contribution < 1.29 is 14.0 Å². The Morgan fingerprint density at radius 3 is 2.41 bits per heavy atom. The molecule has 1 fully saturated rings. The van der Waals surface area contributed by atoms with Gasteiger partial charge in [0.05, 0.1) is 0 Å². The Bertz CT molecular complexity index is 1330. The third-order valence-electron chi connectivity index (χ3n) is 5.97. The molecular formula is C27H24N4O3. The Kier molecular flexibility index (Phi) is 5.91. The molecule has 170 valence electrons. The van der Waals surface area contributed by atoms with Crippen molar-refractivity contribution in [1.82, 2.24) is 15.5 Å². The van der Waals surface area contributed by atoms with E-state index in [0.717, 1.165) is 40.9 Å². The molecule has 0 unspecified atom stereocenters. The van der Waals surface area contributed by atoms with Gasteiger partial charge in [-0.25, -0.2) is 0 Å². The van der Waals surface area contributed by atoms with E-state index < -0.39 is 0 Å². The Morgan fingerprint density at radius 2 is 1.71 bits per heavy atom. The molecule has 2 heterocycles. The summed E-state index contributed by atoms with van der Waals surface area (Å²) in [6, 6.07) is 22.6. The van der Waals surface area contributed by atoms with Gasteiger partial charge in [-0.2, -0.15) is 0 Å². The van der Waals surface area contributed by atoms with E-state index in [1.807, 2.05) is 55.5 Å². The van der Waals surface area contributed by atoms with Crippen molar-refractivity contribution in [2.75, 3.05) is 11.4 Å². The molecule has 5 rings (SSSR count). The van der Waals surface area contributed by atoms with Crippen LogP contribution in [0.15, 0.2) is 77.2 Å². The first kappa shape index (κ1) is 21.6. The average Bonchev–Trinajstić information content (AvgIpc) is 3.53. The Labute approximate surface area is 197 Å². The van der Waals surface area contributed by atoms with Crippen molar-refractivity contribution in [3.63, 3.8) is 0 Å². The Morgan fingerprint density at radius 1 is 0.971 bits per heavy atom. The van der Waals surface area contributed by atoms with E-state index in [9.17, 15) is 9.59 Å². The maximum atomic E-state index is 12.6. The van der Waals surface area contributed by atoms with Gasteiger partial charge in [0.2, 0.25) is 17.7 Å². The van der Waals surface area contributed by atoms with Gasteiger partial charge in [0, 0.05) is 41.9 Å². The summed E-state index contributed by atoms with van der Waals surface area (Å²) in [6.07, 6.45) is 1.51.